The normalized spacial score (nSPS) is 31.5. The van der Waals surface area contributed by atoms with Gasteiger partial charge >= 0.3 is 17.1 Å². The number of hydrogen-bond donors (Lipinski definition) is 2. The molecule has 0 unspecified atom stereocenters. The monoisotopic (exact) mass is 537 g/mol. The number of nitrogens with two attached hydrogens (primary N) is 1. The molecular weight excluding hydrogens is 498 g/mol. The SMILES string of the molecule is CC(C)[Si]1(C(C)C)OC[C@H]2O[C@]3(n4cnc5c(=O)[nH]c(N)nc54)CO[C@@H]3[C@@H]2O[Si](C(C)C)(C(C)C)O1. The fraction of sp³-hybridized carbons (Fsp3) is 0.783. The van der Waals surface area contributed by atoms with Crippen LogP contribution >= 0.6 is 0 Å². The maximum atomic E-state index is 12.4. The minimum absolute atomic E-state index is 0.0233. The molecule has 11 nitrogen and oxygen atoms in total. The van der Waals surface area contributed by atoms with Gasteiger partial charge in [-0.2, -0.15) is 4.98 Å². The summed E-state index contributed by atoms with van der Waals surface area (Å²) in [6.07, 6.45) is 0.395. The summed E-state index contributed by atoms with van der Waals surface area (Å²) in [6, 6.07) is 0. The van der Waals surface area contributed by atoms with Gasteiger partial charge in [0.2, 0.25) is 5.95 Å². The second-order valence-electron chi connectivity index (χ2n) is 11.5. The lowest BCUT2D eigenvalue weighted by atomic mass is 9.98. The van der Waals surface area contributed by atoms with Crippen molar-refractivity contribution >= 4 is 34.2 Å². The van der Waals surface area contributed by atoms with E-state index in [9.17, 15) is 4.79 Å². The van der Waals surface area contributed by atoms with Gasteiger partial charge < -0.3 is 28.2 Å². The molecule has 0 bridgehead atoms. The van der Waals surface area contributed by atoms with E-state index in [-0.39, 0.29) is 46.3 Å². The molecule has 3 fully saturated rings. The number of nitrogen functional groups attached to an aromatic ring is 1. The molecule has 0 aliphatic carbocycles. The number of aromatic amines is 1. The van der Waals surface area contributed by atoms with E-state index in [1.54, 1.807) is 10.9 Å². The van der Waals surface area contributed by atoms with Crippen molar-refractivity contribution in [1.82, 2.24) is 19.5 Å². The molecule has 3 aliphatic rings. The Hall–Kier alpha value is -1.62. The zero-order valence-corrected chi connectivity index (χ0v) is 24.4. The Morgan fingerprint density at radius 2 is 1.72 bits per heavy atom. The quantitative estimate of drug-likeness (QED) is 0.551. The Bertz CT molecular complexity index is 1180. The number of anilines is 1. The van der Waals surface area contributed by atoms with Gasteiger partial charge in [0.05, 0.1) is 19.5 Å². The maximum Gasteiger partial charge on any atom is 0.335 e. The van der Waals surface area contributed by atoms with Crippen LogP contribution in [0.25, 0.3) is 11.2 Å². The molecular formula is C23H39N5O6Si2. The van der Waals surface area contributed by atoms with Gasteiger partial charge in [0.1, 0.15) is 18.3 Å². The summed E-state index contributed by atoms with van der Waals surface area (Å²) in [4.78, 5) is 23.6. The Morgan fingerprint density at radius 3 is 2.28 bits per heavy atom. The largest absolute Gasteiger partial charge is 0.414 e. The van der Waals surface area contributed by atoms with Crippen molar-refractivity contribution < 1.29 is 22.4 Å². The highest BCUT2D eigenvalue weighted by Crippen LogP contribution is 2.53. The summed E-state index contributed by atoms with van der Waals surface area (Å²) in [7, 11) is -5.52. The zero-order valence-electron chi connectivity index (χ0n) is 22.4. The predicted octanol–water partition coefficient (Wildman–Crippen LogP) is 3.11. The van der Waals surface area contributed by atoms with E-state index in [0.29, 0.717) is 12.3 Å². The van der Waals surface area contributed by atoms with Crippen LogP contribution < -0.4 is 11.3 Å². The van der Waals surface area contributed by atoms with Gasteiger partial charge in [0.15, 0.2) is 16.9 Å². The molecule has 4 atom stereocenters. The number of aromatic nitrogens is 4. The number of fused-ring (bicyclic) bond motifs is 4. The standard InChI is InChI=1S/C23H39N5O6Si2/c1-12(2)35(13(3)4)31-9-16-18(33-36(34-35,14(5)6)15(7)8)19-23(32-16,10-30-19)28-11-25-17-20(28)26-22(24)27-21(17)29/h11-16,18-19H,9-10H2,1-8H3,(H3,24,26,27,29)/t16-,18-,19-,23-/m1/s1. The van der Waals surface area contributed by atoms with Gasteiger partial charge in [-0.1, -0.05) is 55.4 Å². The van der Waals surface area contributed by atoms with Crippen LogP contribution in [0.3, 0.4) is 0 Å². The van der Waals surface area contributed by atoms with Crippen LogP contribution in [0.2, 0.25) is 22.2 Å². The molecule has 3 saturated heterocycles. The molecule has 200 valence electrons. The maximum absolute atomic E-state index is 12.4. The minimum atomic E-state index is -2.83. The predicted molar refractivity (Wildman–Crippen MR) is 139 cm³/mol. The van der Waals surface area contributed by atoms with E-state index in [2.05, 4.69) is 70.3 Å². The highest BCUT2D eigenvalue weighted by atomic mass is 28.5. The van der Waals surface area contributed by atoms with Crippen LogP contribution in [0.5, 0.6) is 0 Å². The number of nitrogens with zero attached hydrogens (tertiary/aromatic N) is 3. The van der Waals surface area contributed by atoms with E-state index in [0.717, 1.165) is 0 Å². The number of imidazole rings is 1. The Labute approximate surface area is 213 Å². The van der Waals surface area contributed by atoms with Crippen molar-refractivity contribution in [3.05, 3.63) is 16.7 Å². The first-order valence-corrected chi connectivity index (χ1v) is 16.9. The molecule has 0 saturated carbocycles. The number of hydrogen-bond acceptors (Lipinski definition) is 9. The molecule has 5 rings (SSSR count). The van der Waals surface area contributed by atoms with Crippen molar-refractivity contribution in [2.45, 2.75) is 102 Å². The summed E-state index contributed by atoms with van der Waals surface area (Å²) in [5.41, 5.74) is 5.97. The first-order chi connectivity index (χ1) is 16.9. The van der Waals surface area contributed by atoms with E-state index >= 15 is 0 Å². The average molecular weight is 538 g/mol. The van der Waals surface area contributed by atoms with Crippen LogP contribution in [-0.4, -0.2) is 68.2 Å². The number of ether oxygens (including phenoxy) is 2. The molecule has 5 heterocycles. The smallest absolute Gasteiger partial charge is 0.335 e. The molecule has 36 heavy (non-hydrogen) atoms. The molecule has 0 spiro atoms. The highest BCUT2D eigenvalue weighted by Gasteiger charge is 2.69. The van der Waals surface area contributed by atoms with E-state index in [1.165, 1.54) is 0 Å². The highest BCUT2D eigenvalue weighted by molar-refractivity contribution is 6.84. The van der Waals surface area contributed by atoms with Crippen molar-refractivity contribution in [3.8, 4) is 0 Å². The van der Waals surface area contributed by atoms with Gasteiger partial charge in [-0.05, 0) is 22.2 Å². The summed E-state index contributed by atoms with van der Waals surface area (Å²) in [6.45, 7) is 18.2. The van der Waals surface area contributed by atoms with Gasteiger partial charge in [0, 0.05) is 0 Å². The lowest BCUT2D eigenvalue weighted by Gasteiger charge is -2.52. The first kappa shape index (κ1) is 26.0. The third-order valence-corrected chi connectivity index (χ3v) is 18.3. The molecule has 0 radical (unpaired) electrons. The molecule has 0 amide bonds. The Morgan fingerprint density at radius 1 is 1.08 bits per heavy atom. The van der Waals surface area contributed by atoms with Gasteiger partial charge in [0.25, 0.3) is 5.56 Å². The lowest BCUT2D eigenvalue weighted by molar-refractivity contribution is -0.274. The van der Waals surface area contributed by atoms with Crippen LogP contribution in [0.15, 0.2) is 11.1 Å². The van der Waals surface area contributed by atoms with Crippen LogP contribution in [0, 0.1) is 0 Å². The van der Waals surface area contributed by atoms with Crippen molar-refractivity contribution in [1.29, 1.82) is 0 Å². The molecule has 2 aromatic heterocycles. The van der Waals surface area contributed by atoms with Crippen molar-refractivity contribution in [2.24, 2.45) is 0 Å². The van der Waals surface area contributed by atoms with E-state index in [4.69, 9.17) is 28.2 Å². The summed E-state index contributed by atoms with van der Waals surface area (Å²) < 4.78 is 36.0. The van der Waals surface area contributed by atoms with Gasteiger partial charge in [-0.3, -0.25) is 14.3 Å². The Balaban J connectivity index is 1.61. The van der Waals surface area contributed by atoms with Crippen LogP contribution in [0.1, 0.15) is 55.4 Å². The molecule has 0 aromatic carbocycles. The van der Waals surface area contributed by atoms with Gasteiger partial charge in [-0.15, -0.1) is 0 Å². The second-order valence-corrected chi connectivity index (χ2v) is 20.4. The lowest BCUT2D eigenvalue weighted by Crippen LogP contribution is -2.67. The van der Waals surface area contributed by atoms with Crippen molar-refractivity contribution in [3.63, 3.8) is 0 Å². The third kappa shape index (κ3) is 3.51. The number of rotatable bonds is 5. The molecule has 3 N–H and O–H groups in total. The zero-order chi connectivity index (χ0) is 26.2. The van der Waals surface area contributed by atoms with Crippen LogP contribution in [0.4, 0.5) is 5.95 Å². The average Bonchev–Trinajstić information content (AvgIpc) is 3.25. The summed E-state index contributed by atoms with van der Waals surface area (Å²) >= 11 is 0. The molecule has 13 heteroatoms. The topological polar surface area (TPSA) is 136 Å². The first-order valence-electron chi connectivity index (χ1n) is 12.9. The summed E-state index contributed by atoms with van der Waals surface area (Å²) in [5, 5.41) is 0. The summed E-state index contributed by atoms with van der Waals surface area (Å²) in [5.74, 6) is 0.0233. The third-order valence-electron chi connectivity index (χ3n) is 8.10. The van der Waals surface area contributed by atoms with E-state index in [1.807, 2.05) is 0 Å². The number of H-pyrrole nitrogens is 1. The molecule has 3 aliphatic heterocycles. The minimum Gasteiger partial charge on any atom is -0.414 e. The number of nitrogens with one attached hydrogen (secondary N) is 1. The second kappa shape index (κ2) is 8.71. The van der Waals surface area contributed by atoms with Gasteiger partial charge in [-0.25, -0.2) is 4.98 Å². The van der Waals surface area contributed by atoms with Crippen LogP contribution in [-0.2, 0) is 28.2 Å². The van der Waals surface area contributed by atoms with E-state index < -0.39 is 40.6 Å². The van der Waals surface area contributed by atoms with Crippen molar-refractivity contribution in [2.75, 3.05) is 18.9 Å². The fourth-order valence-electron chi connectivity index (χ4n) is 6.17. The molecule has 2 aromatic rings. The fourth-order valence-corrected chi connectivity index (χ4v) is 17.4. The Kier molecular flexibility index (Phi) is 6.30.